The van der Waals surface area contributed by atoms with Crippen molar-refractivity contribution in [2.75, 3.05) is 4.90 Å². The van der Waals surface area contributed by atoms with Crippen LogP contribution in [0.25, 0.3) is 0 Å². The maximum absolute atomic E-state index is 14.0. The second-order valence-electron chi connectivity index (χ2n) is 11.8. The van der Waals surface area contributed by atoms with Gasteiger partial charge in [-0.1, -0.05) is 83.1 Å². The number of fused-ring (bicyclic) bond motifs is 9. The van der Waals surface area contributed by atoms with Crippen LogP contribution in [0.1, 0.15) is 33.9 Å². The highest BCUT2D eigenvalue weighted by Crippen LogP contribution is 2.69. The molecular formula is C33H27ClN2O3S2. The van der Waals surface area contributed by atoms with Crippen molar-refractivity contribution in [3.8, 4) is 0 Å². The summed E-state index contributed by atoms with van der Waals surface area (Å²) < 4.78 is 1.92. The molecule has 1 saturated heterocycles. The molecule has 4 aliphatic rings. The van der Waals surface area contributed by atoms with E-state index in [9.17, 15) is 14.4 Å². The number of carbonyl (C=O) groups excluding carboxylic acids is 2. The molecule has 5 nitrogen and oxygen atoms in total. The first-order chi connectivity index (χ1) is 19.9. The number of nitrogens with zero attached hydrogens (tertiary/aromatic N) is 2. The molecule has 7 atom stereocenters. The second kappa shape index (κ2) is 9.45. The summed E-state index contributed by atoms with van der Waals surface area (Å²) in [4.78, 5) is 44.0. The molecule has 2 aliphatic carbocycles. The van der Waals surface area contributed by atoms with E-state index in [2.05, 4.69) is 12.1 Å². The summed E-state index contributed by atoms with van der Waals surface area (Å²) in [7, 11) is 0. The predicted octanol–water partition coefficient (Wildman–Crippen LogP) is 6.60. The van der Waals surface area contributed by atoms with E-state index < -0.39 is 0 Å². The zero-order valence-electron chi connectivity index (χ0n) is 22.3. The van der Waals surface area contributed by atoms with Crippen LogP contribution in [0.2, 0.25) is 5.02 Å². The number of aromatic nitrogens is 1. The number of hydrogen-bond acceptors (Lipinski definition) is 5. The Kier molecular flexibility index (Phi) is 5.89. The third kappa shape index (κ3) is 3.78. The summed E-state index contributed by atoms with van der Waals surface area (Å²) in [5.74, 6) is -0.407. The minimum atomic E-state index is -0.310. The van der Waals surface area contributed by atoms with E-state index in [4.69, 9.17) is 11.6 Å². The van der Waals surface area contributed by atoms with Crippen molar-refractivity contribution in [1.82, 2.24) is 4.57 Å². The molecule has 206 valence electrons. The lowest BCUT2D eigenvalue weighted by atomic mass is 9.68. The fourth-order valence-corrected chi connectivity index (χ4v) is 11.3. The van der Waals surface area contributed by atoms with Crippen molar-refractivity contribution in [3.05, 3.63) is 115 Å². The fourth-order valence-electron chi connectivity index (χ4n) is 8.01. The SMILES string of the molecule is Cc1ccc(N2C(=O)[C@@H]3[C@H]4C[C@@H]([C@@H]3C2=O)[C@@H]2[C@H](c3ccc(Cl)cc3)c3sc(=O)n(Cc5ccccc5)c3S[C@H]42)cc1. The Balaban J connectivity index is 1.23. The zero-order chi connectivity index (χ0) is 28.0. The summed E-state index contributed by atoms with van der Waals surface area (Å²) in [6.07, 6.45) is 0.874. The average molecular weight is 599 g/mol. The summed E-state index contributed by atoms with van der Waals surface area (Å²) in [6, 6.07) is 25.7. The van der Waals surface area contributed by atoms with Crippen LogP contribution in [0.3, 0.4) is 0 Å². The summed E-state index contributed by atoms with van der Waals surface area (Å²) in [5, 5.41) is 1.84. The van der Waals surface area contributed by atoms with Gasteiger partial charge in [0.1, 0.15) is 0 Å². The van der Waals surface area contributed by atoms with Crippen LogP contribution < -0.4 is 9.77 Å². The van der Waals surface area contributed by atoms with E-state index >= 15 is 0 Å². The summed E-state index contributed by atoms with van der Waals surface area (Å²) in [5.41, 5.74) is 3.96. The number of benzene rings is 3. The molecule has 3 aromatic carbocycles. The molecule has 0 N–H and O–H groups in total. The number of thiazole rings is 1. The number of imide groups is 1. The van der Waals surface area contributed by atoms with Gasteiger partial charge in [0.05, 0.1) is 29.1 Å². The number of halogens is 1. The van der Waals surface area contributed by atoms with Gasteiger partial charge >= 0.3 is 4.87 Å². The molecule has 3 heterocycles. The molecule has 2 bridgehead atoms. The lowest BCUT2D eigenvalue weighted by molar-refractivity contribution is -0.123. The van der Waals surface area contributed by atoms with Crippen LogP contribution in [-0.2, 0) is 16.1 Å². The van der Waals surface area contributed by atoms with E-state index in [0.29, 0.717) is 17.3 Å². The van der Waals surface area contributed by atoms with E-state index in [0.717, 1.165) is 33.0 Å². The first-order valence-corrected chi connectivity index (χ1v) is 16.1. The van der Waals surface area contributed by atoms with E-state index in [1.807, 2.05) is 78.2 Å². The van der Waals surface area contributed by atoms with Gasteiger partial charge in [-0.15, -0.1) is 11.8 Å². The van der Waals surface area contributed by atoms with Gasteiger partial charge in [-0.05, 0) is 66.5 Å². The molecule has 2 amide bonds. The fraction of sp³-hybridized carbons (Fsp3) is 0.303. The van der Waals surface area contributed by atoms with Gasteiger partial charge in [0, 0.05) is 21.1 Å². The van der Waals surface area contributed by atoms with Gasteiger partial charge in [0.15, 0.2) is 0 Å². The highest BCUT2D eigenvalue weighted by Gasteiger charge is 2.69. The third-order valence-corrected chi connectivity index (χ3v) is 12.7. The topological polar surface area (TPSA) is 59.4 Å². The van der Waals surface area contributed by atoms with Crippen LogP contribution >= 0.6 is 34.7 Å². The van der Waals surface area contributed by atoms with Crippen LogP contribution in [0.15, 0.2) is 88.7 Å². The van der Waals surface area contributed by atoms with E-state index in [1.54, 1.807) is 11.8 Å². The highest BCUT2D eigenvalue weighted by molar-refractivity contribution is 8.00. The lowest BCUT2D eigenvalue weighted by Gasteiger charge is -2.43. The number of anilines is 1. The van der Waals surface area contributed by atoms with Crippen LogP contribution in [0.5, 0.6) is 0 Å². The Hall–Kier alpha value is -3.13. The zero-order valence-corrected chi connectivity index (χ0v) is 24.7. The highest BCUT2D eigenvalue weighted by atomic mass is 35.5. The first kappa shape index (κ1) is 25.6. The van der Waals surface area contributed by atoms with Crippen molar-refractivity contribution < 1.29 is 9.59 Å². The van der Waals surface area contributed by atoms with E-state index in [1.165, 1.54) is 16.2 Å². The van der Waals surface area contributed by atoms with Crippen molar-refractivity contribution >= 4 is 52.2 Å². The summed E-state index contributed by atoms with van der Waals surface area (Å²) >= 11 is 9.41. The Bertz CT molecular complexity index is 1750. The van der Waals surface area contributed by atoms with Crippen LogP contribution in [-0.4, -0.2) is 21.6 Å². The van der Waals surface area contributed by atoms with Crippen molar-refractivity contribution in [3.63, 3.8) is 0 Å². The number of hydrogen-bond donors (Lipinski definition) is 0. The number of rotatable bonds is 4. The number of thioether (sulfide) groups is 1. The molecule has 4 aromatic rings. The van der Waals surface area contributed by atoms with Gasteiger partial charge in [0.2, 0.25) is 11.8 Å². The summed E-state index contributed by atoms with van der Waals surface area (Å²) in [6.45, 7) is 2.52. The van der Waals surface area contributed by atoms with Gasteiger partial charge < -0.3 is 0 Å². The molecule has 2 aliphatic heterocycles. The molecular weight excluding hydrogens is 572 g/mol. The molecule has 41 heavy (non-hydrogen) atoms. The number of amides is 2. The smallest absolute Gasteiger partial charge is 0.289 e. The number of aryl methyl sites for hydroxylation is 1. The Morgan fingerprint density at radius 1 is 0.854 bits per heavy atom. The van der Waals surface area contributed by atoms with Crippen molar-refractivity contribution in [2.45, 2.75) is 36.1 Å². The predicted molar refractivity (Wildman–Crippen MR) is 163 cm³/mol. The normalized spacial score (nSPS) is 29.5. The molecule has 8 rings (SSSR count). The molecule has 2 saturated carbocycles. The van der Waals surface area contributed by atoms with Crippen molar-refractivity contribution in [1.29, 1.82) is 0 Å². The number of carbonyl (C=O) groups is 2. The largest absolute Gasteiger partial charge is 0.308 e. The van der Waals surface area contributed by atoms with Gasteiger partial charge in [-0.2, -0.15) is 0 Å². The maximum Gasteiger partial charge on any atom is 0.308 e. The molecule has 0 spiro atoms. The van der Waals surface area contributed by atoms with Crippen LogP contribution in [0, 0.1) is 36.5 Å². The minimum Gasteiger partial charge on any atom is -0.289 e. The van der Waals surface area contributed by atoms with Gasteiger partial charge in [-0.25, -0.2) is 0 Å². The Morgan fingerprint density at radius 3 is 2.24 bits per heavy atom. The molecule has 1 aromatic heterocycles. The van der Waals surface area contributed by atoms with E-state index in [-0.39, 0.29) is 57.4 Å². The molecule has 0 radical (unpaired) electrons. The quantitative estimate of drug-likeness (QED) is 0.248. The second-order valence-corrected chi connectivity index (χ2v) is 14.4. The third-order valence-electron chi connectivity index (χ3n) is 9.65. The minimum absolute atomic E-state index is 0.0180. The maximum atomic E-state index is 14.0. The molecule has 0 unspecified atom stereocenters. The van der Waals surface area contributed by atoms with Gasteiger partial charge in [-0.3, -0.25) is 23.9 Å². The van der Waals surface area contributed by atoms with Crippen LogP contribution in [0.4, 0.5) is 5.69 Å². The monoisotopic (exact) mass is 598 g/mol. The van der Waals surface area contributed by atoms with Crippen molar-refractivity contribution in [2.24, 2.45) is 29.6 Å². The molecule has 8 heteroatoms. The Labute approximate surface area is 251 Å². The Morgan fingerprint density at radius 2 is 1.54 bits per heavy atom. The lowest BCUT2D eigenvalue weighted by Crippen LogP contribution is -2.43. The first-order valence-electron chi connectivity index (χ1n) is 14.0. The molecule has 3 fully saturated rings. The average Bonchev–Trinajstić information content (AvgIpc) is 3.69. The van der Waals surface area contributed by atoms with Gasteiger partial charge in [0.25, 0.3) is 0 Å². The standard InChI is InChI=1S/C33H27ClN2O3S2/c1-17-7-13-21(14-8-17)36-30(37)26-22-15-23(27(26)31(36)38)28-25(22)24(19-9-11-20(34)12-10-19)29-32(40-28)35(33(39)41-29)16-18-5-3-2-4-6-18/h2-14,22-28H,15-16H2,1H3/t22-,23-,24+,25-,26+,27-,28-/m1/s1.